The molecule has 0 fully saturated rings. The van der Waals surface area contributed by atoms with E-state index >= 15 is 0 Å². The molecule has 3 aromatic rings. The van der Waals surface area contributed by atoms with Crippen molar-refractivity contribution >= 4 is 23.0 Å². The highest BCUT2D eigenvalue weighted by atomic mass is 16.5. The van der Waals surface area contributed by atoms with E-state index in [2.05, 4.69) is 15.5 Å². The van der Waals surface area contributed by atoms with E-state index in [-0.39, 0.29) is 5.91 Å². The molecule has 1 amide bonds. The summed E-state index contributed by atoms with van der Waals surface area (Å²) < 4.78 is 10.5. The highest BCUT2D eigenvalue weighted by molar-refractivity contribution is 5.99. The lowest BCUT2D eigenvalue weighted by atomic mass is 10.1. The molecule has 0 saturated heterocycles. The maximum atomic E-state index is 12.4. The summed E-state index contributed by atoms with van der Waals surface area (Å²) in [6.45, 7) is 1.80. The maximum absolute atomic E-state index is 12.4. The number of hydrogen-bond donors (Lipinski definition) is 1. The number of rotatable bonds is 5. The molecule has 6 heteroatoms. The Hall–Kier alpha value is -3.41. The van der Waals surface area contributed by atoms with Crippen molar-refractivity contribution in [1.82, 2.24) is 10.4 Å². The van der Waals surface area contributed by atoms with E-state index in [4.69, 9.17) is 9.47 Å². The van der Waals surface area contributed by atoms with Crippen LogP contribution in [-0.4, -0.2) is 31.3 Å². The van der Waals surface area contributed by atoms with E-state index in [1.165, 1.54) is 6.21 Å². The largest absolute Gasteiger partial charge is 0.497 e. The second-order valence-corrected chi connectivity index (χ2v) is 5.62. The minimum atomic E-state index is -0.315. The third-order valence-electron chi connectivity index (χ3n) is 3.97. The van der Waals surface area contributed by atoms with Crippen LogP contribution in [0.5, 0.6) is 11.5 Å². The summed E-state index contributed by atoms with van der Waals surface area (Å²) in [4.78, 5) is 16.9. The SMILES string of the molecule is COc1ccc(/C=N/NC(=O)c2cc3ccccc3nc2C)c(OC)c1. The summed E-state index contributed by atoms with van der Waals surface area (Å²) in [6.07, 6.45) is 1.53. The molecule has 26 heavy (non-hydrogen) atoms. The fraction of sp³-hybridized carbons (Fsp3) is 0.150. The molecule has 0 atom stereocenters. The molecule has 6 nitrogen and oxygen atoms in total. The molecular formula is C20H19N3O3. The van der Waals surface area contributed by atoms with Crippen molar-refractivity contribution in [1.29, 1.82) is 0 Å². The van der Waals surface area contributed by atoms with Crippen LogP contribution in [0.2, 0.25) is 0 Å². The fourth-order valence-electron chi connectivity index (χ4n) is 2.59. The predicted octanol–water partition coefficient (Wildman–Crippen LogP) is 3.32. The fourth-order valence-corrected chi connectivity index (χ4v) is 2.59. The summed E-state index contributed by atoms with van der Waals surface area (Å²) in [7, 11) is 3.15. The van der Waals surface area contributed by atoms with E-state index in [0.29, 0.717) is 22.8 Å². The first-order chi connectivity index (χ1) is 12.6. The summed E-state index contributed by atoms with van der Waals surface area (Å²) in [6, 6.07) is 14.8. The molecule has 0 spiro atoms. The Morgan fingerprint density at radius 1 is 1.12 bits per heavy atom. The van der Waals surface area contributed by atoms with Crippen LogP contribution in [0, 0.1) is 6.92 Å². The predicted molar refractivity (Wildman–Crippen MR) is 101 cm³/mol. The number of carbonyl (C=O) groups is 1. The number of aryl methyl sites for hydroxylation is 1. The first-order valence-corrected chi connectivity index (χ1v) is 8.04. The molecule has 0 unspecified atom stereocenters. The number of amides is 1. The van der Waals surface area contributed by atoms with Gasteiger partial charge in [-0.15, -0.1) is 0 Å². The Labute approximate surface area is 151 Å². The third-order valence-corrected chi connectivity index (χ3v) is 3.97. The van der Waals surface area contributed by atoms with E-state index in [1.807, 2.05) is 30.3 Å². The Morgan fingerprint density at radius 3 is 2.69 bits per heavy atom. The highest BCUT2D eigenvalue weighted by Crippen LogP contribution is 2.23. The van der Waals surface area contributed by atoms with Gasteiger partial charge in [-0.25, -0.2) is 5.43 Å². The molecule has 0 aliphatic rings. The zero-order chi connectivity index (χ0) is 18.5. The smallest absolute Gasteiger partial charge is 0.273 e. The lowest BCUT2D eigenvalue weighted by molar-refractivity contribution is 0.0954. The zero-order valence-electron chi connectivity index (χ0n) is 14.8. The first-order valence-electron chi connectivity index (χ1n) is 8.04. The quantitative estimate of drug-likeness (QED) is 0.566. The summed E-state index contributed by atoms with van der Waals surface area (Å²) >= 11 is 0. The highest BCUT2D eigenvalue weighted by Gasteiger charge is 2.11. The average Bonchev–Trinajstić information content (AvgIpc) is 2.67. The van der Waals surface area contributed by atoms with E-state index in [1.54, 1.807) is 39.3 Å². The number of nitrogens with one attached hydrogen (secondary N) is 1. The van der Waals surface area contributed by atoms with Gasteiger partial charge in [0, 0.05) is 17.0 Å². The molecular weight excluding hydrogens is 330 g/mol. The molecule has 1 N–H and O–H groups in total. The number of fused-ring (bicyclic) bond motifs is 1. The van der Waals surface area contributed by atoms with Crippen LogP contribution < -0.4 is 14.9 Å². The number of nitrogens with zero attached hydrogens (tertiary/aromatic N) is 2. The van der Waals surface area contributed by atoms with Crippen LogP contribution >= 0.6 is 0 Å². The van der Waals surface area contributed by atoms with Gasteiger partial charge in [-0.05, 0) is 31.2 Å². The molecule has 0 saturated carbocycles. The van der Waals surface area contributed by atoms with Crippen molar-refractivity contribution < 1.29 is 14.3 Å². The van der Waals surface area contributed by atoms with Gasteiger partial charge in [0.25, 0.3) is 5.91 Å². The van der Waals surface area contributed by atoms with Gasteiger partial charge in [-0.3, -0.25) is 9.78 Å². The second kappa shape index (κ2) is 7.65. The minimum absolute atomic E-state index is 0.315. The van der Waals surface area contributed by atoms with Gasteiger partial charge in [0.05, 0.1) is 37.2 Å². The van der Waals surface area contributed by atoms with E-state index in [9.17, 15) is 4.79 Å². The molecule has 0 aliphatic carbocycles. The third kappa shape index (κ3) is 3.64. The maximum Gasteiger partial charge on any atom is 0.273 e. The van der Waals surface area contributed by atoms with Gasteiger partial charge in [-0.1, -0.05) is 18.2 Å². The van der Waals surface area contributed by atoms with Crippen LogP contribution in [0.3, 0.4) is 0 Å². The Bertz CT molecular complexity index is 983. The number of para-hydroxylation sites is 1. The van der Waals surface area contributed by atoms with Crippen LogP contribution in [0.1, 0.15) is 21.6 Å². The summed E-state index contributed by atoms with van der Waals surface area (Å²) in [5.74, 6) is 0.969. The lowest BCUT2D eigenvalue weighted by Gasteiger charge is -2.08. The summed E-state index contributed by atoms with van der Waals surface area (Å²) in [5, 5.41) is 4.94. The number of hydrazone groups is 1. The van der Waals surface area contributed by atoms with Crippen molar-refractivity contribution in [3.63, 3.8) is 0 Å². The number of pyridine rings is 1. The molecule has 0 radical (unpaired) electrons. The van der Waals surface area contributed by atoms with E-state index < -0.39 is 0 Å². The Morgan fingerprint density at radius 2 is 1.92 bits per heavy atom. The average molecular weight is 349 g/mol. The van der Waals surface area contributed by atoms with Crippen LogP contribution in [0.15, 0.2) is 53.6 Å². The number of ether oxygens (including phenoxy) is 2. The molecule has 3 rings (SSSR count). The first kappa shape index (κ1) is 17.4. The zero-order valence-corrected chi connectivity index (χ0v) is 14.8. The van der Waals surface area contributed by atoms with Gasteiger partial charge in [0.2, 0.25) is 0 Å². The topological polar surface area (TPSA) is 72.8 Å². The number of carbonyl (C=O) groups excluding carboxylic acids is 1. The second-order valence-electron chi connectivity index (χ2n) is 5.62. The van der Waals surface area contributed by atoms with Gasteiger partial charge >= 0.3 is 0 Å². The van der Waals surface area contributed by atoms with Crippen molar-refractivity contribution in [2.75, 3.05) is 14.2 Å². The van der Waals surface area contributed by atoms with Crippen LogP contribution in [0.4, 0.5) is 0 Å². The Kier molecular flexibility index (Phi) is 5.12. The number of methoxy groups -OCH3 is 2. The Balaban J connectivity index is 1.79. The lowest BCUT2D eigenvalue weighted by Crippen LogP contribution is -2.19. The minimum Gasteiger partial charge on any atom is -0.497 e. The molecule has 132 valence electrons. The standard InChI is InChI=1S/C20H19N3O3/c1-13-17(10-14-6-4-5-7-18(14)22-13)20(24)23-21-12-15-8-9-16(25-2)11-19(15)26-3/h4-12H,1-3H3,(H,23,24)/b21-12+. The number of hydrogen-bond acceptors (Lipinski definition) is 5. The number of aromatic nitrogens is 1. The molecule has 1 aromatic heterocycles. The molecule has 2 aromatic carbocycles. The van der Waals surface area contributed by atoms with Gasteiger partial charge < -0.3 is 9.47 Å². The molecule has 0 bridgehead atoms. The molecule has 1 heterocycles. The van der Waals surface area contributed by atoms with Crippen molar-refractivity contribution in [3.8, 4) is 11.5 Å². The van der Waals surface area contributed by atoms with Crippen LogP contribution in [0.25, 0.3) is 10.9 Å². The molecule has 0 aliphatic heterocycles. The van der Waals surface area contributed by atoms with Gasteiger partial charge in [0.15, 0.2) is 0 Å². The number of benzene rings is 2. The van der Waals surface area contributed by atoms with Crippen molar-refractivity contribution in [3.05, 3.63) is 65.4 Å². The van der Waals surface area contributed by atoms with Crippen molar-refractivity contribution in [2.45, 2.75) is 6.92 Å². The van der Waals surface area contributed by atoms with Gasteiger partial charge in [0.1, 0.15) is 11.5 Å². The summed E-state index contributed by atoms with van der Waals surface area (Å²) in [5.41, 5.74) is 5.26. The van der Waals surface area contributed by atoms with E-state index in [0.717, 1.165) is 16.5 Å². The normalized spacial score (nSPS) is 10.9. The van der Waals surface area contributed by atoms with Crippen LogP contribution in [-0.2, 0) is 0 Å². The van der Waals surface area contributed by atoms with Crippen molar-refractivity contribution in [2.24, 2.45) is 5.10 Å². The van der Waals surface area contributed by atoms with Gasteiger partial charge in [-0.2, -0.15) is 5.10 Å². The monoisotopic (exact) mass is 349 g/mol.